The molecule has 0 saturated carbocycles. The van der Waals surface area contributed by atoms with Gasteiger partial charge in [-0.05, 0) is 38.0 Å². The van der Waals surface area contributed by atoms with Gasteiger partial charge in [-0.15, -0.1) is 0 Å². The fourth-order valence-electron chi connectivity index (χ4n) is 1.63. The van der Waals surface area contributed by atoms with E-state index in [9.17, 15) is 5.11 Å². The lowest BCUT2D eigenvalue weighted by molar-refractivity contribution is 0.132. The monoisotopic (exact) mass is 233 g/mol. The van der Waals surface area contributed by atoms with E-state index in [1.165, 1.54) is 0 Å². The maximum atomic E-state index is 9.99. The molecule has 0 spiro atoms. The first-order chi connectivity index (χ1) is 8.08. The van der Waals surface area contributed by atoms with E-state index in [1.807, 2.05) is 45.0 Å². The molecule has 92 valence electrons. The summed E-state index contributed by atoms with van der Waals surface area (Å²) in [6.45, 7) is 5.82. The third kappa shape index (κ3) is 3.76. The van der Waals surface area contributed by atoms with Gasteiger partial charge in [-0.1, -0.05) is 19.1 Å². The highest BCUT2D eigenvalue weighted by molar-refractivity contribution is 5.29. The van der Waals surface area contributed by atoms with Crippen LogP contribution in [0.2, 0.25) is 0 Å². The number of ether oxygens (including phenoxy) is 1. The highest BCUT2D eigenvalue weighted by Crippen LogP contribution is 2.25. The Labute approximate surface area is 103 Å². The Morgan fingerprint density at radius 3 is 2.29 bits per heavy atom. The van der Waals surface area contributed by atoms with Crippen molar-refractivity contribution in [1.82, 2.24) is 0 Å². The average molecular weight is 233 g/mol. The normalized spacial score (nSPS) is 14.1. The van der Waals surface area contributed by atoms with Gasteiger partial charge in [0, 0.05) is 0 Å². The van der Waals surface area contributed by atoms with Gasteiger partial charge in [-0.2, -0.15) is 5.26 Å². The van der Waals surface area contributed by atoms with Crippen LogP contribution >= 0.6 is 0 Å². The van der Waals surface area contributed by atoms with Crippen molar-refractivity contribution >= 4 is 0 Å². The summed E-state index contributed by atoms with van der Waals surface area (Å²) in [6.07, 6.45) is 0.0495. The number of hydrogen-bond donors (Lipinski definition) is 1. The highest BCUT2D eigenvalue weighted by atomic mass is 16.5. The van der Waals surface area contributed by atoms with E-state index in [1.54, 1.807) is 0 Å². The molecule has 1 rings (SSSR count). The minimum atomic E-state index is -0.724. The van der Waals surface area contributed by atoms with Crippen molar-refractivity contribution in [2.75, 3.05) is 0 Å². The van der Waals surface area contributed by atoms with Crippen molar-refractivity contribution in [3.8, 4) is 11.8 Å². The maximum Gasteiger partial charge on any atom is 0.119 e. The first kappa shape index (κ1) is 13.5. The number of nitriles is 1. The molecule has 3 heteroatoms. The first-order valence-corrected chi connectivity index (χ1v) is 5.92. The molecule has 0 aliphatic heterocycles. The Kier molecular flexibility index (Phi) is 4.99. The smallest absolute Gasteiger partial charge is 0.119 e. The van der Waals surface area contributed by atoms with Crippen LogP contribution in [0, 0.1) is 17.2 Å². The summed E-state index contributed by atoms with van der Waals surface area (Å²) in [6, 6.07) is 9.38. The van der Waals surface area contributed by atoms with Crippen molar-refractivity contribution in [2.45, 2.75) is 39.4 Å². The third-order valence-corrected chi connectivity index (χ3v) is 2.58. The van der Waals surface area contributed by atoms with Crippen LogP contribution in [0.15, 0.2) is 24.3 Å². The Bertz CT molecular complexity index is 378. The zero-order chi connectivity index (χ0) is 12.8. The number of benzene rings is 1. The summed E-state index contributed by atoms with van der Waals surface area (Å²) in [4.78, 5) is 0. The molecule has 0 fully saturated rings. The van der Waals surface area contributed by atoms with Gasteiger partial charge < -0.3 is 9.84 Å². The second kappa shape index (κ2) is 6.27. The molecule has 0 heterocycles. The molecule has 0 amide bonds. The van der Waals surface area contributed by atoms with Crippen LogP contribution in [0.4, 0.5) is 0 Å². The number of hydrogen-bond acceptors (Lipinski definition) is 3. The highest BCUT2D eigenvalue weighted by Gasteiger charge is 2.18. The predicted molar refractivity (Wildman–Crippen MR) is 66.6 cm³/mol. The molecule has 1 aromatic carbocycles. The molecule has 0 aromatic heterocycles. The molecule has 2 atom stereocenters. The zero-order valence-electron chi connectivity index (χ0n) is 10.6. The van der Waals surface area contributed by atoms with E-state index in [2.05, 4.69) is 6.07 Å². The minimum Gasteiger partial charge on any atom is -0.491 e. The number of aliphatic hydroxyl groups excluding tert-OH is 1. The molecule has 1 aromatic rings. The fraction of sp³-hybridized carbons (Fsp3) is 0.500. The maximum absolute atomic E-state index is 9.99. The topological polar surface area (TPSA) is 53.2 Å². The second-order valence-electron chi connectivity index (χ2n) is 4.32. The van der Waals surface area contributed by atoms with Gasteiger partial charge >= 0.3 is 0 Å². The van der Waals surface area contributed by atoms with Gasteiger partial charge in [0.05, 0.1) is 24.2 Å². The molecule has 1 N–H and O–H groups in total. The van der Waals surface area contributed by atoms with Crippen LogP contribution in [0.5, 0.6) is 5.75 Å². The van der Waals surface area contributed by atoms with E-state index < -0.39 is 6.10 Å². The molecule has 0 bridgehead atoms. The van der Waals surface area contributed by atoms with E-state index >= 15 is 0 Å². The second-order valence-corrected chi connectivity index (χ2v) is 4.32. The van der Waals surface area contributed by atoms with Gasteiger partial charge in [-0.3, -0.25) is 0 Å². The van der Waals surface area contributed by atoms with Gasteiger partial charge in [0.2, 0.25) is 0 Å². The van der Waals surface area contributed by atoms with Crippen molar-refractivity contribution in [2.24, 2.45) is 5.92 Å². The first-order valence-electron chi connectivity index (χ1n) is 5.92. The van der Waals surface area contributed by atoms with Crippen molar-refractivity contribution in [3.63, 3.8) is 0 Å². The Morgan fingerprint density at radius 1 is 1.29 bits per heavy atom. The summed E-state index contributed by atoms with van der Waals surface area (Å²) >= 11 is 0. The summed E-state index contributed by atoms with van der Waals surface area (Å²) in [5.74, 6) is 0.424. The standard InChI is InChI=1S/C14H19NO2/c1-4-11(9-15)14(16)12-5-7-13(8-6-12)17-10(2)3/h5-8,10-11,14,16H,4H2,1-3H3. The number of nitrogens with zero attached hydrogens (tertiary/aromatic N) is 1. The summed E-state index contributed by atoms with van der Waals surface area (Å²) < 4.78 is 5.52. The van der Waals surface area contributed by atoms with Crippen molar-refractivity contribution < 1.29 is 9.84 Å². The third-order valence-electron chi connectivity index (χ3n) is 2.58. The SMILES string of the molecule is CCC(C#N)C(O)c1ccc(OC(C)C)cc1. The summed E-state index contributed by atoms with van der Waals surface area (Å²) in [5, 5.41) is 18.9. The number of rotatable bonds is 5. The average Bonchev–Trinajstić information content (AvgIpc) is 2.30. The molecule has 2 unspecified atom stereocenters. The van der Waals surface area contributed by atoms with Crippen molar-refractivity contribution in [3.05, 3.63) is 29.8 Å². The minimum absolute atomic E-state index is 0.133. The molecular formula is C14H19NO2. The van der Waals surface area contributed by atoms with Crippen molar-refractivity contribution in [1.29, 1.82) is 5.26 Å². The predicted octanol–water partition coefficient (Wildman–Crippen LogP) is 3.06. The Hall–Kier alpha value is -1.53. The molecule has 0 radical (unpaired) electrons. The summed E-state index contributed by atoms with van der Waals surface area (Å²) in [7, 11) is 0. The van der Waals surface area contributed by atoms with Gasteiger partial charge in [-0.25, -0.2) is 0 Å². The molecule has 17 heavy (non-hydrogen) atoms. The lowest BCUT2D eigenvalue weighted by atomic mass is 9.95. The van der Waals surface area contributed by atoms with Gasteiger partial charge in [0.1, 0.15) is 5.75 Å². The molecule has 0 aliphatic carbocycles. The fourth-order valence-corrected chi connectivity index (χ4v) is 1.63. The quantitative estimate of drug-likeness (QED) is 0.850. The van der Waals surface area contributed by atoms with E-state index in [0.29, 0.717) is 6.42 Å². The van der Waals surface area contributed by atoms with Crippen LogP contribution in [-0.2, 0) is 0 Å². The van der Waals surface area contributed by atoms with Crippen LogP contribution < -0.4 is 4.74 Å². The van der Waals surface area contributed by atoms with Crippen LogP contribution in [-0.4, -0.2) is 11.2 Å². The molecular weight excluding hydrogens is 214 g/mol. The Morgan fingerprint density at radius 2 is 1.88 bits per heavy atom. The van der Waals surface area contributed by atoms with E-state index in [-0.39, 0.29) is 12.0 Å². The molecule has 0 saturated heterocycles. The van der Waals surface area contributed by atoms with Crippen LogP contribution in [0.25, 0.3) is 0 Å². The Balaban J connectivity index is 2.77. The molecule has 0 aliphatic rings. The lowest BCUT2D eigenvalue weighted by Gasteiger charge is -2.16. The van der Waals surface area contributed by atoms with E-state index in [0.717, 1.165) is 11.3 Å². The van der Waals surface area contributed by atoms with Gasteiger partial charge in [0.15, 0.2) is 0 Å². The summed E-state index contributed by atoms with van der Waals surface area (Å²) in [5.41, 5.74) is 0.759. The van der Waals surface area contributed by atoms with E-state index in [4.69, 9.17) is 10.00 Å². The zero-order valence-corrected chi connectivity index (χ0v) is 10.6. The van der Waals surface area contributed by atoms with Gasteiger partial charge in [0.25, 0.3) is 0 Å². The lowest BCUT2D eigenvalue weighted by Crippen LogP contribution is -2.10. The van der Waals surface area contributed by atoms with Crippen LogP contribution in [0.3, 0.4) is 0 Å². The molecule has 3 nitrogen and oxygen atoms in total. The number of aliphatic hydroxyl groups is 1. The van der Waals surface area contributed by atoms with Crippen LogP contribution in [0.1, 0.15) is 38.9 Å². The largest absolute Gasteiger partial charge is 0.491 e.